The molecule has 21 heavy (non-hydrogen) atoms. The highest BCUT2D eigenvalue weighted by Crippen LogP contribution is 2.36. The molecule has 1 saturated heterocycles. The predicted molar refractivity (Wildman–Crippen MR) is 86.3 cm³/mol. The second-order valence-electron chi connectivity index (χ2n) is 7.33. The Morgan fingerprint density at radius 1 is 1.33 bits per heavy atom. The molecule has 1 aliphatic carbocycles. The molecule has 0 amide bonds. The fourth-order valence-electron chi connectivity index (χ4n) is 3.94. The molecule has 1 spiro atoms. The van der Waals surface area contributed by atoms with Gasteiger partial charge in [-0.2, -0.15) is 5.10 Å². The van der Waals surface area contributed by atoms with Crippen LogP contribution in [0, 0.1) is 0 Å². The Balaban J connectivity index is 1.75. The normalized spacial score (nSPS) is 26.6. The average Bonchev–Trinajstić information content (AvgIpc) is 2.93. The molecule has 2 fully saturated rings. The first kappa shape index (κ1) is 15.0. The van der Waals surface area contributed by atoms with Crippen LogP contribution in [0.3, 0.4) is 0 Å². The Bertz CT molecular complexity index is 459. The fourth-order valence-corrected chi connectivity index (χ4v) is 3.94. The summed E-state index contributed by atoms with van der Waals surface area (Å²) in [6.45, 7) is 9.98. The number of nitrogens with zero attached hydrogens (tertiary/aromatic N) is 3. The molecule has 0 bridgehead atoms. The third-order valence-corrected chi connectivity index (χ3v) is 5.27. The Morgan fingerprint density at radius 3 is 2.76 bits per heavy atom. The molecular weight excluding hydrogens is 260 g/mol. The van der Waals surface area contributed by atoms with Crippen molar-refractivity contribution in [3.8, 4) is 0 Å². The van der Waals surface area contributed by atoms with Crippen molar-refractivity contribution in [2.75, 3.05) is 13.1 Å². The van der Waals surface area contributed by atoms with Crippen LogP contribution in [0.2, 0.25) is 0 Å². The summed E-state index contributed by atoms with van der Waals surface area (Å²) in [4.78, 5) is 2.72. The third kappa shape index (κ3) is 3.16. The quantitative estimate of drug-likeness (QED) is 0.929. The van der Waals surface area contributed by atoms with E-state index >= 15 is 0 Å². The second-order valence-corrected chi connectivity index (χ2v) is 7.33. The van der Waals surface area contributed by atoms with E-state index in [2.05, 4.69) is 47.9 Å². The van der Waals surface area contributed by atoms with E-state index in [0.717, 1.165) is 19.6 Å². The maximum absolute atomic E-state index is 4.76. The van der Waals surface area contributed by atoms with Gasteiger partial charge in [-0.25, -0.2) is 0 Å². The summed E-state index contributed by atoms with van der Waals surface area (Å²) in [5, 5.41) is 8.48. The SMILES string of the molecule is CC1CN(Cc2ccn(C(C)C)n2)C2(CCCCC2)CN1. The molecule has 1 aromatic heterocycles. The van der Waals surface area contributed by atoms with E-state index in [9.17, 15) is 0 Å². The zero-order valence-corrected chi connectivity index (χ0v) is 13.8. The molecule has 1 saturated carbocycles. The number of aromatic nitrogens is 2. The lowest BCUT2D eigenvalue weighted by Gasteiger charge is -2.51. The summed E-state index contributed by atoms with van der Waals surface area (Å²) in [6.07, 6.45) is 8.99. The monoisotopic (exact) mass is 290 g/mol. The minimum Gasteiger partial charge on any atom is -0.311 e. The van der Waals surface area contributed by atoms with Crippen molar-refractivity contribution in [2.24, 2.45) is 0 Å². The van der Waals surface area contributed by atoms with E-state index in [-0.39, 0.29) is 0 Å². The lowest BCUT2D eigenvalue weighted by molar-refractivity contribution is 0.00515. The summed E-state index contributed by atoms with van der Waals surface area (Å²) in [6, 6.07) is 3.23. The van der Waals surface area contributed by atoms with Gasteiger partial charge in [0.25, 0.3) is 0 Å². The van der Waals surface area contributed by atoms with Crippen molar-refractivity contribution in [2.45, 2.75) is 77.0 Å². The van der Waals surface area contributed by atoms with Gasteiger partial charge in [0.2, 0.25) is 0 Å². The van der Waals surface area contributed by atoms with Crippen LogP contribution in [-0.4, -0.2) is 39.4 Å². The largest absolute Gasteiger partial charge is 0.311 e. The molecule has 2 aliphatic rings. The highest BCUT2D eigenvalue weighted by atomic mass is 15.3. The molecule has 1 N–H and O–H groups in total. The Hall–Kier alpha value is -0.870. The second kappa shape index (κ2) is 6.09. The molecule has 1 atom stereocenters. The predicted octanol–water partition coefficient (Wildman–Crippen LogP) is 2.96. The van der Waals surface area contributed by atoms with Gasteiger partial charge in [0.1, 0.15) is 0 Å². The van der Waals surface area contributed by atoms with Crippen molar-refractivity contribution < 1.29 is 0 Å². The van der Waals surface area contributed by atoms with Gasteiger partial charge >= 0.3 is 0 Å². The molecule has 0 aromatic carbocycles. The van der Waals surface area contributed by atoms with E-state index in [1.54, 1.807) is 0 Å². The minimum atomic E-state index is 0.381. The van der Waals surface area contributed by atoms with Crippen LogP contribution in [0.1, 0.15) is 64.6 Å². The highest BCUT2D eigenvalue weighted by molar-refractivity contribution is 5.05. The number of hydrogen-bond donors (Lipinski definition) is 1. The van der Waals surface area contributed by atoms with E-state index in [1.807, 2.05) is 0 Å². The van der Waals surface area contributed by atoms with Gasteiger partial charge in [-0.3, -0.25) is 9.58 Å². The van der Waals surface area contributed by atoms with Crippen LogP contribution in [0.15, 0.2) is 12.3 Å². The molecule has 1 unspecified atom stereocenters. The first-order valence-electron chi connectivity index (χ1n) is 8.61. The number of hydrogen-bond acceptors (Lipinski definition) is 3. The first-order chi connectivity index (χ1) is 10.1. The van der Waals surface area contributed by atoms with Crippen molar-refractivity contribution >= 4 is 0 Å². The standard InChI is InChI=1S/C17H30N4/c1-14(2)21-10-7-16(19-21)12-20-11-15(3)18-13-17(20)8-5-4-6-9-17/h7,10,14-15,18H,4-6,8-9,11-13H2,1-3H3. The molecule has 1 aromatic rings. The van der Waals surface area contributed by atoms with Crippen LogP contribution in [0.5, 0.6) is 0 Å². The molecule has 3 rings (SSSR count). The molecular formula is C17H30N4. The van der Waals surface area contributed by atoms with Gasteiger partial charge < -0.3 is 5.32 Å². The molecule has 2 heterocycles. The van der Waals surface area contributed by atoms with Gasteiger partial charge in [-0.05, 0) is 39.7 Å². The number of rotatable bonds is 3. The lowest BCUT2D eigenvalue weighted by atomic mass is 9.78. The molecule has 1 aliphatic heterocycles. The van der Waals surface area contributed by atoms with E-state index < -0.39 is 0 Å². The smallest absolute Gasteiger partial charge is 0.0765 e. The summed E-state index contributed by atoms with van der Waals surface area (Å²) in [5.41, 5.74) is 1.61. The summed E-state index contributed by atoms with van der Waals surface area (Å²) < 4.78 is 2.08. The summed E-state index contributed by atoms with van der Waals surface area (Å²) >= 11 is 0. The zero-order valence-electron chi connectivity index (χ0n) is 13.8. The van der Waals surface area contributed by atoms with E-state index in [0.29, 0.717) is 17.6 Å². The zero-order chi connectivity index (χ0) is 14.9. The van der Waals surface area contributed by atoms with Crippen LogP contribution in [0.4, 0.5) is 0 Å². The maximum atomic E-state index is 4.76. The van der Waals surface area contributed by atoms with Gasteiger partial charge in [0.05, 0.1) is 5.69 Å². The Labute approximate surface area is 128 Å². The van der Waals surface area contributed by atoms with Gasteiger partial charge in [0, 0.05) is 43.5 Å². The van der Waals surface area contributed by atoms with Gasteiger partial charge in [-0.15, -0.1) is 0 Å². The Morgan fingerprint density at radius 2 is 2.10 bits per heavy atom. The van der Waals surface area contributed by atoms with Crippen molar-refractivity contribution in [3.63, 3.8) is 0 Å². The van der Waals surface area contributed by atoms with Crippen LogP contribution >= 0.6 is 0 Å². The molecule has 0 radical (unpaired) electrons. The molecule has 118 valence electrons. The minimum absolute atomic E-state index is 0.381. The molecule has 4 nitrogen and oxygen atoms in total. The highest BCUT2D eigenvalue weighted by Gasteiger charge is 2.41. The van der Waals surface area contributed by atoms with Crippen molar-refractivity contribution in [1.82, 2.24) is 20.0 Å². The fraction of sp³-hybridized carbons (Fsp3) is 0.824. The van der Waals surface area contributed by atoms with Crippen LogP contribution < -0.4 is 5.32 Å². The number of piperazine rings is 1. The summed E-state index contributed by atoms with van der Waals surface area (Å²) in [7, 11) is 0. The van der Waals surface area contributed by atoms with Crippen molar-refractivity contribution in [3.05, 3.63) is 18.0 Å². The topological polar surface area (TPSA) is 33.1 Å². The maximum Gasteiger partial charge on any atom is 0.0765 e. The first-order valence-corrected chi connectivity index (χ1v) is 8.61. The van der Waals surface area contributed by atoms with Gasteiger partial charge in [0.15, 0.2) is 0 Å². The average molecular weight is 290 g/mol. The van der Waals surface area contributed by atoms with Crippen LogP contribution in [-0.2, 0) is 6.54 Å². The van der Waals surface area contributed by atoms with Gasteiger partial charge in [-0.1, -0.05) is 19.3 Å². The van der Waals surface area contributed by atoms with Crippen LogP contribution in [0.25, 0.3) is 0 Å². The van der Waals surface area contributed by atoms with E-state index in [1.165, 1.54) is 37.8 Å². The lowest BCUT2D eigenvalue weighted by Crippen LogP contribution is -2.64. The van der Waals surface area contributed by atoms with E-state index in [4.69, 9.17) is 5.10 Å². The van der Waals surface area contributed by atoms with Crippen molar-refractivity contribution in [1.29, 1.82) is 0 Å². The summed E-state index contributed by atoms with van der Waals surface area (Å²) in [5.74, 6) is 0. The third-order valence-electron chi connectivity index (χ3n) is 5.27. The molecule has 4 heteroatoms. The number of nitrogens with one attached hydrogen (secondary N) is 1. The Kier molecular flexibility index (Phi) is 4.36.